The summed E-state index contributed by atoms with van der Waals surface area (Å²) < 4.78 is 47.8. The van der Waals surface area contributed by atoms with E-state index in [4.69, 9.17) is 9.47 Å². The van der Waals surface area contributed by atoms with Crippen LogP contribution in [0.3, 0.4) is 0 Å². The van der Waals surface area contributed by atoms with Crippen molar-refractivity contribution < 1.29 is 27.1 Å². The molecule has 0 aliphatic heterocycles. The van der Waals surface area contributed by atoms with Gasteiger partial charge in [-0.2, -0.15) is 4.98 Å². The Morgan fingerprint density at radius 2 is 1.82 bits per heavy atom. The predicted octanol–water partition coefficient (Wildman–Crippen LogP) is 3.59. The summed E-state index contributed by atoms with van der Waals surface area (Å²) in [4.78, 5) is 19.4. The van der Waals surface area contributed by atoms with Gasteiger partial charge in [0.25, 0.3) is 0 Å². The van der Waals surface area contributed by atoms with Crippen LogP contribution in [0.5, 0.6) is 5.75 Å². The third-order valence-corrected chi connectivity index (χ3v) is 5.04. The standard InChI is InChI=1S/C22H23FN4O5S/c1-3-31-20(28)13-32-17-10-8-16(9-11-17)25-22-24-12-18(23)21(27-22)26-19-7-5-4-6-15(19)14-33(2,29)30/h4-12H,3,13-14H2,1-2H3,(H2,24,25,26,27). The fraction of sp³-hybridized carbons (Fsp3) is 0.227. The second-order valence-electron chi connectivity index (χ2n) is 6.99. The van der Waals surface area contributed by atoms with Gasteiger partial charge in [0.1, 0.15) is 5.75 Å². The molecule has 9 nitrogen and oxygen atoms in total. The van der Waals surface area contributed by atoms with Crippen LogP contribution in [0.2, 0.25) is 0 Å². The lowest BCUT2D eigenvalue weighted by atomic mass is 10.2. The van der Waals surface area contributed by atoms with E-state index in [9.17, 15) is 17.6 Å². The highest BCUT2D eigenvalue weighted by molar-refractivity contribution is 7.89. The lowest BCUT2D eigenvalue weighted by Gasteiger charge is -2.13. The van der Waals surface area contributed by atoms with Crippen molar-refractivity contribution in [3.63, 3.8) is 0 Å². The van der Waals surface area contributed by atoms with E-state index in [0.29, 0.717) is 22.7 Å². The quantitative estimate of drug-likeness (QED) is 0.425. The molecule has 0 fully saturated rings. The molecule has 0 amide bonds. The zero-order valence-corrected chi connectivity index (χ0v) is 18.9. The normalized spacial score (nSPS) is 11.0. The molecule has 0 aliphatic carbocycles. The molecule has 1 heterocycles. The van der Waals surface area contributed by atoms with Gasteiger partial charge in [0.2, 0.25) is 5.95 Å². The summed E-state index contributed by atoms with van der Waals surface area (Å²) in [6.07, 6.45) is 2.14. The van der Waals surface area contributed by atoms with Crippen LogP contribution in [-0.2, 0) is 25.1 Å². The van der Waals surface area contributed by atoms with Crippen LogP contribution in [-0.4, -0.2) is 43.8 Å². The van der Waals surface area contributed by atoms with Crippen LogP contribution >= 0.6 is 0 Å². The fourth-order valence-electron chi connectivity index (χ4n) is 2.80. The Morgan fingerprint density at radius 3 is 2.52 bits per heavy atom. The highest BCUT2D eigenvalue weighted by Crippen LogP contribution is 2.25. The van der Waals surface area contributed by atoms with E-state index in [-0.39, 0.29) is 30.7 Å². The third-order valence-electron chi connectivity index (χ3n) is 4.20. The van der Waals surface area contributed by atoms with Crippen molar-refractivity contribution in [1.29, 1.82) is 0 Å². The highest BCUT2D eigenvalue weighted by atomic mass is 32.2. The van der Waals surface area contributed by atoms with E-state index >= 15 is 0 Å². The Hall–Kier alpha value is -3.73. The molecule has 11 heteroatoms. The average molecular weight is 475 g/mol. The molecule has 3 aromatic rings. The van der Waals surface area contributed by atoms with Crippen LogP contribution in [0.4, 0.5) is 27.5 Å². The Labute approximate surface area is 190 Å². The summed E-state index contributed by atoms with van der Waals surface area (Å²) in [7, 11) is -3.28. The first-order valence-corrected chi connectivity index (χ1v) is 12.0. The maximum absolute atomic E-state index is 14.3. The molecule has 0 aliphatic rings. The van der Waals surface area contributed by atoms with E-state index < -0.39 is 21.6 Å². The second kappa shape index (κ2) is 10.7. The summed E-state index contributed by atoms with van der Waals surface area (Å²) in [5.41, 5.74) is 1.52. The molecule has 0 atom stereocenters. The van der Waals surface area contributed by atoms with Crippen molar-refractivity contribution in [1.82, 2.24) is 9.97 Å². The van der Waals surface area contributed by atoms with Gasteiger partial charge >= 0.3 is 5.97 Å². The fourth-order valence-corrected chi connectivity index (χ4v) is 3.62. The van der Waals surface area contributed by atoms with Crippen LogP contribution in [0.15, 0.2) is 54.7 Å². The number of carbonyl (C=O) groups is 1. The lowest BCUT2D eigenvalue weighted by molar-refractivity contribution is -0.145. The number of esters is 1. The van der Waals surface area contributed by atoms with Gasteiger partial charge < -0.3 is 20.1 Å². The molecule has 0 radical (unpaired) electrons. The van der Waals surface area contributed by atoms with Crippen molar-refractivity contribution in [3.05, 3.63) is 66.1 Å². The summed E-state index contributed by atoms with van der Waals surface area (Å²) >= 11 is 0. The Morgan fingerprint density at radius 1 is 1.09 bits per heavy atom. The van der Waals surface area contributed by atoms with Gasteiger partial charge in [-0.3, -0.25) is 0 Å². The molecule has 2 N–H and O–H groups in total. The number of halogens is 1. The van der Waals surface area contributed by atoms with Crippen molar-refractivity contribution in [2.24, 2.45) is 0 Å². The number of carbonyl (C=O) groups excluding carboxylic acids is 1. The maximum Gasteiger partial charge on any atom is 0.344 e. The first kappa shape index (κ1) is 23.9. The van der Waals surface area contributed by atoms with E-state index in [1.807, 2.05) is 0 Å². The molecule has 0 saturated carbocycles. The average Bonchev–Trinajstić information content (AvgIpc) is 2.76. The van der Waals surface area contributed by atoms with Crippen LogP contribution in [0.25, 0.3) is 0 Å². The highest BCUT2D eigenvalue weighted by Gasteiger charge is 2.13. The molecule has 2 aromatic carbocycles. The van der Waals surface area contributed by atoms with Gasteiger partial charge in [0.05, 0.1) is 18.6 Å². The number of hydrogen-bond acceptors (Lipinski definition) is 9. The number of para-hydroxylation sites is 1. The zero-order valence-electron chi connectivity index (χ0n) is 18.0. The van der Waals surface area contributed by atoms with Crippen molar-refractivity contribution >= 4 is 38.9 Å². The Kier molecular flexibility index (Phi) is 7.78. The molecular formula is C22H23FN4O5S. The number of aromatic nitrogens is 2. The number of rotatable bonds is 10. The topological polar surface area (TPSA) is 120 Å². The summed E-state index contributed by atoms with van der Waals surface area (Å²) in [6.45, 7) is 1.80. The van der Waals surface area contributed by atoms with E-state index in [1.165, 1.54) is 0 Å². The first-order valence-electron chi connectivity index (χ1n) is 9.94. The largest absolute Gasteiger partial charge is 0.482 e. The van der Waals surface area contributed by atoms with Crippen molar-refractivity contribution in [3.8, 4) is 5.75 Å². The van der Waals surface area contributed by atoms with Crippen molar-refractivity contribution in [2.75, 3.05) is 30.1 Å². The van der Waals surface area contributed by atoms with Crippen LogP contribution in [0.1, 0.15) is 12.5 Å². The van der Waals surface area contributed by atoms with Gasteiger partial charge in [-0.05, 0) is 42.8 Å². The number of anilines is 4. The Balaban J connectivity index is 1.71. The molecule has 0 unspecified atom stereocenters. The van der Waals surface area contributed by atoms with E-state index in [2.05, 4.69) is 20.6 Å². The number of nitrogens with zero attached hydrogens (tertiary/aromatic N) is 2. The molecular weight excluding hydrogens is 451 g/mol. The minimum atomic E-state index is -3.28. The minimum absolute atomic E-state index is 0.108. The second-order valence-corrected chi connectivity index (χ2v) is 9.13. The maximum atomic E-state index is 14.3. The lowest BCUT2D eigenvalue weighted by Crippen LogP contribution is -2.14. The van der Waals surface area contributed by atoms with E-state index in [0.717, 1.165) is 12.5 Å². The third kappa shape index (κ3) is 7.42. The molecule has 0 bridgehead atoms. The number of sulfone groups is 1. The monoisotopic (exact) mass is 474 g/mol. The SMILES string of the molecule is CCOC(=O)COc1ccc(Nc2ncc(F)c(Nc3ccccc3CS(C)(=O)=O)n2)cc1. The molecule has 1 aromatic heterocycles. The van der Waals surface area contributed by atoms with Gasteiger partial charge in [-0.25, -0.2) is 22.6 Å². The van der Waals surface area contributed by atoms with Crippen LogP contribution in [0, 0.1) is 5.82 Å². The minimum Gasteiger partial charge on any atom is -0.482 e. The van der Waals surface area contributed by atoms with Gasteiger partial charge in [0, 0.05) is 17.6 Å². The molecule has 0 saturated heterocycles. The molecule has 0 spiro atoms. The predicted molar refractivity (Wildman–Crippen MR) is 122 cm³/mol. The van der Waals surface area contributed by atoms with Crippen LogP contribution < -0.4 is 15.4 Å². The summed E-state index contributed by atoms with van der Waals surface area (Å²) in [5, 5.41) is 5.79. The summed E-state index contributed by atoms with van der Waals surface area (Å²) in [5.74, 6) is -0.866. The zero-order chi connectivity index (χ0) is 23.8. The Bertz CT molecular complexity index is 1220. The molecule has 3 rings (SSSR count). The van der Waals surface area contributed by atoms with Gasteiger partial charge in [-0.15, -0.1) is 0 Å². The number of benzene rings is 2. The van der Waals surface area contributed by atoms with Crippen molar-refractivity contribution in [2.45, 2.75) is 12.7 Å². The van der Waals surface area contributed by atoms with E-state index in [1.54, 1.807) is 55.5 Å². The smallest absolute Gasteiger partial charge is 0.344 e. The first-order chi connectivity index (χ1) is 15.7. The summed E-state index contributed by atoms with van der Waals surface area (Å²) in [6, 6.07) is 13.4. The number of ether oxygens (including phenoxy) is 2. The number of nitrogens with one attached hydrogen (secondary N) is 2. The van der Waals surface area contributed by atoms with Gasteiger partial charge in [0.15, 0.2) is 28.1 Å². The molecule has 174 valence electrons. The molecule has 33 heavy (non-hydrogen) atoms. The number of hydrogen-bond donors (Lipinski definition) is 2. The van der Waals surface area contributed by atoms with Gasteiger partial charge in [-0.1, -0.05) is 18.2 Å².